The van der Waals surface area contributed by atoms with Gasteiger partial charge in [-0.05, 0) is 118 Å². The highest BCUT2D eigenvalue weighted by molar-refractivity contribution is 7.98. The number of carboxylic acid groups (broad SMARTS) is 3. The lowest BCUT2D eigenvalue weighted by atomic mass is 9.99. The van der Waals surface area contributed by atoms with E-state index in [0.29, 0.717) is 16.5 Å². The molecule has 1 heterocycles. The number of hydrogen-bond acceptors (Lipinski definition) is 27. The van der Waals surface area contributed by atoms with Gasteiger partial charge in [0, 0.05) is 68.0 Å². The summed E-state index contributed by atoms with van der Waals surface area (Å²) in [5.41, 5.74) is 39.3. The number of thiol groups is 1. The van der Waals surface area contributed by atoms with Crippen LogP contribution in [0, 0.1) is 28.6 Å². The van der Waals surface area contributed by atoms with Crippen molar-refractivity contribution in [2.24, 2.45) is 57.9 Å². The summed E-state index contributed by atoms with van der Waals surface area (Å²) in [4.78, 5) is 287. The number of carbonyl (C=O) groups is 21. The van der Waals surface area contributed by atoms with Crippen LogP contribution in [-0.4, -0.2) is 290 Å². The zero-order chi connectivity index (χ0) is 101. The second-order valence-corrected chi connectivity index (χ2v) is 33.9. The van der Waals surface area contributed by atoms with Crippen LogP contribution in [0.1, 0.15) is 163 Å². The number of hydrogen-bond donors (Lipinski definition) is 31. The predicted molar refractivity (Wildman–Crippen MR) is 483 cm³/mol. The molecular weight excluding hydrogens is 1790 g/mol. The summed E-state index contributed by atoms with van der Waals surface area (Å²) in [6.45, 7) is 8.56. The zero-order valence-corrected chi connectivity index (χ0v) is 76.7. The number of fused-ring (bicyclic) bond motifs is 1. The van der Waals surface area contributed by atoms with E-state index in [1.807, 2.05) is 0 Å². The van der Waals surface area contributed by atoms with Crippen LogP contribution in [0.5, 0.6) is 0 Å². The third kappa shape index (κ3) is 45.5. The van der Waals surface area contributed by atoms with Gasteiger partial charge in [-0.1, -0.05) is 59.7 Å². The highest BCUT2D eigenvalue weighted by Crippen LogP contribution is 2.21. The van der Waals surface area contributed by atoms with Gasteiger partial charge in [-0.3, -0.25) is 107 Å². The number of thioether (sulfide) groups is 1. The molecule has 742 valence electrons. The number of aliphatic hydroxyl groups excluding tert-OH is 1. The fraction of sp³-hybridized carbons (Fsp3) is 0.613. The molecule has 51 nitrogen and oxygen atoms in total. The Morgan fingerprint density at radius 3 is 1.07 bits per heavy atom. The van der Waals surface area contributed by atoms with E-state index in [2.05, 4.69) is 103 Å². The minimum Gasteiger partial charge on any atom is -0.481 e. The highest BCUT2D eigenvalue weighted by Gasteiger charge is 2.40. The molecular formula is C80H130N26O25S2. The third-order valence-corrected chi connectivity index (χ3v) is 20.8. The summed E-state index contributed by atoms with van der Waals surface area (Å²) >= 11 is 5.42. The van der Waals surface area contributed by atoms with E-state index in [9.17, 15) is 121 Å². The summed E-state index contributed by atoms with van der Waals surface area (Å²) < 4.78 is 0. The van der Waals surface area contributed by atoms with Crippen LogP contribution in [0.3, 0.4) is 0 Å². The summed E-state index contributed by atoms with van der Waals surface area (Å²) in [6.07, 6.45) is -4.93. The number of carboxylic acids is 3. The van der Waals surface area contributed by atoms with E-state index in [0.717, 1.165) is 0 Å². The molecule has 1 aromatic heterocycles. The average Bonchev–Trinajstić information content (AvgIpc) is 1.68. The van der Waals surface area contributed by atoms with Crippen molar-refractivity contribution in [3.05, 3.63) is 36.0 Å². The quantitative estimate of drug-likeness (QED) is 0.0127. The molecule has 0 saturated heterocycles. The number of aromatic amines is 1. The first-order valence-electron chi connectivity index (χ1n) is 42.6. The summed E-state index contributed by atoms with van der Waals surface area (Å²) in [6, 6.07) is -19.0. The molecule has 0 saturated carbocycles. The normalized spacial score (nSPS) is 14.5. The second-order valence-electron chi connectivity index (χ2n) is 32.6. The number of guanidine groups is 2. The number of benzene rings is 1. The molecule has 0 aliphatic heterocycles. The molecule has 37 N–H and O–H groups in total. The van der Waals surface area contributed by atoms with E-state index >= 15 is 0 Å². The first-order valence-corrected chi connectivity index (χ1v) is 44.6. The Labute approximate surface area is 775 Å². The number of rotatable bonds is 66. The van der Waals surface area contributed by atoms with Crippen molar-refractivity contribution in [3.63, 3.8) is 0 Å². The summed E-state index contributed by atoms with van der Waals surface area (Å²) in [5.74, 6) is -27.1. The van der Waals surface area contributed by atoms with Crippen LogP contribution < -0.4 is 125 Å². The van der Waals surface area contributed by atoms with Crippen LogP contribution in [0.2, 0.25) is 0 Å². The zero-order valence-electron chi connectivity index (χ0n) is 75.0. The van der Waals surface area contributed by atoms with E-state index in [1.54, 1.807) is 72.1 Å². The number of nitrogens with two attached hydrogens (primary N) is 7. The van der Waals surface area contributed by atoms with Crippen LogP contribution in [-0.2, 0) is 107 Å². The molecule has 0 unspecified atom stereocenters. The second kappa shape index (κ2) is 60.0. The van der Waals surface area contributed by atoms with Crippen LogP contribution in [0.25, 0.3) is 10.9 Å². The smallest absolute Gasteiger partial charge is 0.326 e. The van der Waals surface area contributed by atoms with Gasteiger partial charge in [0.2, 0.25) is 106 Å². The molecule has 0 radical (unpaired) electrons. The van der Waals surface area contributed by atoms with Crippen molar-refractivity contribution in [3.8, 4) is 0 Å². The summed E-state index contributed by atoms with van der Waals surface area (Å²) in [5, 5.41) is 94.1. The Bertz CT molecular complexity index is 4410. The Balaban J connectivity index is 2.61. The average molecular weight is 1920 g/mol. The van der Waals surface area contributed by atoms with Gasteiger partial charge in [-0.2, -0.15) is 24.4 Å². The molecule has 0 fully saturated rings. The minimum absolute atomic E-state index is 0.0495. The van der Waals surface area contributed by atoms with Gasteiger partial charge >= 0.3 is 17.9 Å². The monoisotopic (exact) mass is 1920 g/mol. The predicted octanol–water partition coefficient (Wildman–Crippen LogP) is -8.74. The van der Waals surface area contributed by atoms with Crippen LogP contribution in [0.15, 0.2) is 30.5 Å². The molecule has 2 aromatic rings. The van der Waals surface area contributed by atoms with Crippen molar-refractivity contribution >= 4 is 171 Å². The third-order valence-electron chi connectivity index (χ3n) is 19.8. The number of nitrogens with one attached hydrogen (secondary N) is 19. The number of aromatic nitrogens is 1. The topological polar surface area (TPSA) is 878 Å². The number of amides is 18. The number of carbonyl (C=O) groups excluding carboxylic acids is 18. The lowest BCUT2D eigenvalue weighted by Crippen LogP contribution is -2.62. The molecule has 0 spiro atoms. The molecule has 53 heteroatoms. The Morgan fingerprint density at radius 1 is 0.383 bits per heavy atom. The SMILES string of the molecule is CSCC[C@H](NC(=O)[C@H](CCC(N)=O)NC(=O)[C@H](CCC(=O)O)NC(=O)[C@@H](N)CCC(N)=O)C(=O)N[C@@H](CC(N)=O)C(=O)N[C@@H](CC(C)C)C(=O)N[C@@H](CC(C)C)C(=O)N[C@@H](CC(N)=O)C(=O)N[C@@H](CO)C(=O)N[C@@H](CCCNC(=N)N)C(=O)N[C@@H](Cc1c[nH]c2ccccc12)C(=O)N[C@@H](CCC(=O)O)C(=O)N[C@@H](CS)C(=O)N[C@@H](CC(C)C)C(=O)N[C@@H](CCCNC(=N)N)C(=O)O. The number of primary amides is 4. The maximum Gasteiger partial charge on any atom is 0.326 e. The molecule has 0 aliphatic carbocycles. The lowest BCUT2D eigenvalue weighted by molar-refractivity contribution is -0.142. The van der Waals surface area contributed by atoms with Crippen LogP contribution >= 0.6 is 24.4 Å². The van der Waals surface area contributed by atoms with Gasteiger partial charge in [-0.25, -0.2) is 4.79 Å². The van der Waals surface area contributed by atoms with Crippen LogP contribution in [0.4, 0.5) is 0 Å². The maximum atomic E-state index is 14.9. The van der Waals surface area contributed by atoms with Crippen molar-refractivity contribution in [1.29, 1.82) is 10.8 Å². The van der Waals surface area contributed by atoms with E-state index in [1.165, 1.54) is 18.0 Å². The number of H-pyrrole nitrogens is 1. The molecule has 15 atom stereocenters. The summed E-state index contributed by atoms with van der Waals surface area (Å²) in [7, 11) is 0. The van der Waals surface area contributed by atoms with E-state index < -0.39 is 303 Å². The van der Waals surface area contributed by atoms with E-state index in [-0.39, 0.29) is 94.9 Å². The maximum absolute atomic E-state index is 14.9. The first kappa shape index (κ1) is 116. The van der Waals surface area contributed by atoms with Gasteiger partial charge in [-0.15, -0.1) is 0 Å². The van der Waals surface area contributed by atoms with Gasteiger partial charge in [0.05, 0.1) is 25.5 Å². The van der Waals surface area contributed by atoms with E-state index in [4.69, 9.17) is 51.0 Å². The van der Waals surface area contributed by atoms with Crippen molar-refractivity contribution in [1.82, 2.24) is 90.1 Å². The molecule has 18 amide bonds. The number of aliphatic carboxylic acids is 3. The van der Waals surface area contributed by atoms with Crippen molar-refractivity contribution < 1.29 is 121 Å². The van der Waals surface area contributed by atoms with Crippen molar-refractivity contribution in [2.75, 3.05) is 37.5 Å². The minimum atomic E-state index is -2.08. The Kier molecular flexibility index (Phi) is 52.2. The number of aliphatic hydroxyl groups is 1. The van der Waals surface area contributed by atoms with Gasteiger partial charge < -0.3 is 151 Å². The molecule has 0 bridgehead atoms. The fourth-order valence-corrected chi connectivity index (χ4v) is 13.7. The highest BCUT2D eigenvalue weighted by atomic mass is 32.2. The lowest BCUT2D eigenvalue weighted by Gasteiger charge is -2.29. The molecule has 1 aromatic carbocycles. The first-order chi connectivity index (χ1) is 62.4. The fourth-order valence-electron chi connectivity index (χ4n) is 13.0. The molecule has 2 rings (SSSR count). The van der Waals surface area contributed by atoms with Gasteiger partial charge in [0.25, 0.3) is 0 Å². The molecule has 133 heavy (non-hydrogen) atoms. The van der Waals surface area contributed by atoms with Crippen molar-refractivity contribution in [2.45, 2.75) is 254 Å². The Morgan fingerprint density at radius 2 is 0.692 bits per heavy atom. The number of para-hydroxylation sites is 1. The van der Waals surface area contributed by atoms with Gasteiger partial charge in [0.15, 0.2) is 11.9 Å². The molecule has 0 aliphatic rings. The van der Waals surface area contributed by atoms with Gasteiger partial charge in [0.1, 0.15) is 84.6 Å². The Hall–Kier alpha value is -13.2. The largest absolute Gasteiger partial charge is 0.481 e. The standard InChI is InChI=1S/C80H130N26O25S2/c1-37(2)28-50(70(122)98-49(78(130)131)15-11-26-91-80(88)89)101-77(129)57(36-132)106-68(120)47(19-23-63(114)115)96-73(125)53(31-40-34-92-43-13-9-8-12-41(40)43)102-65(117)44(14-10-25-90-79(86)87)94-76(128)56(35-107)105-75(127)55(33-61(85)111)104-72(124)52(30-39(5)6)99-71(123)51(29-38(3)4)100-74(126)54(32-60(84)110)103-69(121)48(24-27-133-7)97-66(118)45(17-21-59(83)109)95-67(119)46(18-22-62(112)113)93-64(116)42(81)16-20-58(82)108/h8-9,12-13,34,37-39,42,44-57,92,107,132H,10-11,14-33,35-36,81H2,1-7H3,(H2,82,108)(H2,83,109)(H2,84,110)(H2,85,111)(H,93,116)(H,94,128)(H,95,119)(H,96,125)(H,97,118)(H,98,122)(H,99,123)(H,100,126)(H,101,129)(H,102,117)(H,103,121)(H,104,124)(H,105,127)(H,106,120)(H,112,113)(H,114,115)(H,130,131)(H4,86,87,90)(H4,88,89,91)/t42-,44-,45-,46-,47-,48-,49-,50-,51-,52-,53-,54-,55-,56-,57-/m0/s1.